The van der Waals surface area contributed by atoms with Crippen LogP contribution in [0.25, 0.3) is 0 Å². The summed E-state index contributed by atoms with van der Waals surface area (Å²) >= 11 is 0. The lowest BCUT2D eigenvalue weighted by Gasteiger charge is -2.42. The molecule has 1 aliphatic carbocycles. The van der Waals surface area contributed by atoms with Crippen LogP contribution in [0.3, 0.4) is 0 Å². The summed E-state index contributed by atoms with van der Waals surface area (Å²) in [6, 6.07) is 8.20. The van der Waals surface area contributed by atoms with Gasteiger partial charge in [0.2, 0.25) is 5.91 Å². The molecule has 27 heavy (non-hydrogen) atoms. The van der Waals surface area contributed by atoms with Crippen LogP contribution < -0.4 is 9.64 Å². The number of fused-ring (bicyclic) bond motifs is 1. The van der Waals surface area contributed by atoms with Gasteiger partial charge >= 0.3 is 0 Å². The van der Waals surface area contributed by atoms with E-state index in [1.165, 1.54) is 32.1 Å². The molecule has 2 atom stereocenters. The minimum Gasteiger partial charge on any atom is -0.495 e. The van der Waals surface area contributed by atoms with E-state index >= 15 is 0 Å². The molecule has 0 aromatic heterocycles. The number of benzene rings is 1. The molecular formula is C22H33N3O2. The standard InChI is InChI=1S/C22H33N3O2/c1-27-21-9-5-4-8-20(21)24-14-12-23(13-15-24)17-22(26)25-11-10-18-6-2-3-7-19(18)16-25/h4-5,8-9,18-19H,2-3,6-7,10-17H2,1H3/t18-,19+/m0/s1. The van der Waals surface area contributed by atoms with Crippen molar-refractivity contribution in [1.29, 1.82) is 0 Å². The molecule has 2 aliphatic heterocycles. The van der Waals surface area contributed by atoms with E-state index in [2.05, 4.69) is 26.8 Å². The number of piperidine rings is 1. The summed E-state index contributed by atoms with van der Waals surface area (Å²) in [5.41, 5.74) is 1.16. The number of likely N-dealkylation sites (tertiary alicyclic amines) is 1. The van der Waals surface area contributed by atoms with Gasteiger partial charge in [0, 0.05) is 39.3 Å². The van der Waals surface area contributed by atoms with E-state index in [-0.39, 0.29) is 0 Å². The molecule has 0 bridgehead atoms. The van der Waals surface area contributed by atoms with E-state index in [4.69, 9.17) is 4.74 Å². The number of carbonyl (C=O) groups excluding carboxylic acids is 1. The highest BCUT2D eigenvalue weighted by molar-refractivity contribution is 5.78. The molecule has 0 spiro atoms. The van der Waals surface area contributed by atoms with Crippen molar-refractivity contribution in [2.24, 2.45) is 11.8 Å². The fourth-order valence-electron chi connectivity index (χ4n) is 5.16. The first-order valence-electron chi connectivity index (χ1n) is 10.6. The van der Waals surface area contributed by atoms with Crippen LogP contribution in [0.15, 0.2) is 24.3 Å². The Labute approximate surface area is 163 Å². The largest absolute Gasteiger partial charge is 0.495 e. The summed E-state index contributed by atoms with van der Waals surface area (Å²) in [5.74, 6) is 2.91. The number of nitrogens with zero attached hydrogens (tertiary/aromatic N) is 3. The van der Waals surface area contributed by atoms with Gasteiger partial charge in [0.15, 0.2) is 0 Å². The maximum Gasteiger partial charge on any atom is 0.236 e. The first-order chi connectivity index (χ1) is 13.2. The molecule has 2 heterocycles. The molecular weight excluding hydrogens is 338 g/mol. The van der Waals surface area contributed by atoms with Gasteiger partial charge in [-0.2, -0.15) is 0 Å². The van der Waals surface area contributed by atoms with Crippen LogP contribution in [-0.4, -0.2) is 68.6 Å². The van der Waals surface area contributed by atoms with E-state index in [1.807, 2.05) is 12.1 Å². The third kappa shape index (κ3) is 4.23. The Morgan fingerprint density at radius 1 is 1.00 bits per heavy atom. The minimum absolute atomic E-state index is 0.338. The molecule has 1 aromatic carbocycles. The molecule has 1 saturated carbocycles. The summed E-state index contributed by atoms with van der Waals surface area (Å²) in [4.78, 5) is 19.7. The number of ether oxygens (including phenoxy) is 1. The summed E-state index contributed by atoms with van der Waals surface area (Å²) in [5, 5.41) is 0. The van der Waals surface area contributed by atoms with Crippen molar-refractivity contribution in [3.05, 3.63) is 24.3 Å². The van der Waals surface area contributed by atoms with Crippen molar-refractivity contribution in [2.45, 2.75) is 32.1 Å². The van der Waals surface area contributed by atoms with Gasteiger partial charge in [0.1, 0.15) is 5.75 Å². The Morgan fingerprint density at radius 2 is 1.74 bits per heavy atom. The van der Waals surface area contributed by atoms with Crippen molar-refractivity contribution in [1.82, 2.24) is 9.80 Å². The number of amides is 1. The van der Waals surface area contributed by atoms with Gasteiger partial charge in [-0.25, -0.2) is 0 Å². The summed E-state index contributed by atoms with van der Waals surface area (Å²) in [7, 11) is 1.73. The van der Waals surface area contributed by atoms with Gasteiger partial charge in [0.25, 0.3) is 0 Å². The number of hydrogen-bond donors (Lipinski definition) is 0. The first-order valence-corrected chi connectivity index (χ1v) is 10.6. The Morgan fingerprint density at radius 3 is 2.52 bits per heavy atom. The highest BCUT2D eigenvalue weighted by Crippen LogP contribution is 2.36. The Balaban J connectivity index is 1.27. The molecule has 3 aliphatic rings. The fourth-order valence-corrected chi connectivity index (χ4v) is 5.16. The van der Waals surface area contributed by atoms with Crippen LogP contribution in [0.5, 0.6) is 5.75 Å². The zero-order valence-electron chi connectivity index (χ0n) is 16.6. The number of para-hydroxylation sites is 2. The Hall–Kier alpha value is -1.75. The number of piperazine rings is 1. The SMILES string of the molecule is COc1ccccc1N1CCN(CC(=O)N2CC[C@@H]3CCCC[C@@H]3C2)CC1. The van der Waals surface area contributed by atoms with E-state index in [0.717, 1.165) is 62.5 Å². The van der Waals surface area contributed by atoms with Crippen LogP contribution in [0.1, 0.15) is 32.1 Å². The number of methoxy groups -OCH3 is 1. The molecule has 5 nitrogen and oxygen atoms in total. The van der Waals surface area contributed by atoms with E-state index in [0.29, 0.717) is 12.5 Å². The van der Waals surface area contributed by atoms with E-state index < -0.39 is 0 Å². The lowest BCUT2D eigenvalue weighted by atomic mass is 9.75. The van der Waals surface area contributed by atoms with Gasteiger partial charge in [-0.15, -0.1) is 0 Å². The summed E-state index contributed by atoms with van der Waals surface area (Å²) in [6.07, 6.45) is 6.68. The number of hydrogen-bond acceptors (Lipinski definition) is 4. The second-order valence-electron chi connectivity index (χ2n) is 8.37. The third-order valence-electron chi connectivity index (χ3n) is 6.80. The predicted molar refractivity (Wildman–Crippen MR) is 108 cm³/mol. The summed E-state index contributed by atoms with van der Waals surface area (Å²) in [6.45, 7) is 6.31. The number of anilines is 1. The van der Waals surface area contributed by atoms with Crippen LogP contribution in [0.2, 0.25) is 0 Å². The Bertz CT molecular complexity index is 642. The zero-order chi connectivity index (χ0) is 18.6. The third-order valence-corrected chi connectivity index (χ3v) is 6.80. The Kier molecular flexibility index (Phi) is 5.86. The van der Waals surface area contributed by atoms with Crippen LogP contribution >= 0.6 is 0 Å². The van der Waals surface area contributed by atoms with Gasteiger partial charge in [-0.05, 0) is 36.8 Å². The van der Waals surface area contributed by atoms with E-state index in [9.17, 15) is 4.79 Å². The first kappa shape index (κ1) is 18.6. The highest BCUT2D eigenvalue weighted by atomic mass is 16.5. The van der Waals surface area contributed by atoms with E-state index in [1.54, 1.807) is 7.11 Å². The van der Waals surface area contributed by atoms with Crippen LogP contribution in [-0.2, 0) is 4.79 Å². The zero-order valence-corrected chi connectivity index (χ0v) is 16.6. The smallest absolute Gasteiger partial charge is 0.236 e. The monoisotopic (exact) mass is 371 g/mol. The molecule has 4 rings (SSSR count). The topological polar surface area (TPSA) is 36.0 Å². The average Bonchev–Trinajstić information content (AvgIpc) is 2.74. The molecule has 0 N–H and O–H groups in total. The molecule has 0 unspecified atom stereocenters. The fraction of sp³-hybridized carbons (Fsp3) is 0.682. The van der Waals surface area contributed by atoms with Crippen molar-refractivity contribution in [2.75, 3.05) is 57.8 Å². The highest BCUT2D eigenvalue weighted by Gasteiger charge is 2.33. The normalized spacial score (nSPS) is 26.6. The number of carbonyl (C=O) groups is 1. The minimum atomic E-state index is 0.338. The van der Waals surface area contributed by atoms with Gasteiger partial charge < -0.3 is 14.5 Å². The van der Waals surface area contributed by atoms with Crippen molar-refractivity contribution in [3.63, 3.8) is 0 Å². The van der Waals surface area contributed by atoms with Gasteiger partial charge in [-0.1, -0.05) is 31.4 Å². The molecule has 3 fully saturated rings. The maximum absolute atomic E-state index is 12.8. The predicted octanol–water partition coefficient (Wildman–Crippen LogP) is 2.86. The second kappa shape index (κ2) is 8.51. The lowest BCUT2D eigenvalue weighted by molar-refractivity contribution is -0.135. The number of rotatable bonds is 4. The molecule has 1 amide bonds. The van der Waals surface area contributed by atoms with Crippen LogP contribution in [0, 0.1) is 11.8 Å². The van der Waals surface area contributed by atoms with Gasteiger partial charge in [0.05, 0.1) is 19.3 Å². The van der Waals surface area contributed by atoms with Gasteiger partial charge in [-0.3, -0.25) is 9.69 Å². The lowest BCUT2D eigenvalue weighted by Crippen LogP contribution is -2.52. The molecule has 1 aromatic rings. The summed E-state index contributed by atoms with van der Waals surface area (Å²) < 4.78 is 5.50. The van der Waals surface area contributed by atoms with Crippen molar-refractivity contribution >= 4 is 11.6 Å². The van der Waals surface area contributed by atoms with Crippen LogP contribution in [0.4, 0.5) is 5.69 Å². The molecule has 148 valence electrons. The quantitative estimate of drug-likeness (QED) is 0.815. The molecule has 2 saturated heterocycles. The second-order valence-corrected chi connectivity index (χ2v) is 8.37. The molecule has 0 radical (unpaired) electrons. The average molecular weight is 372 g/mol. The van der Waals surface area contributed by atoms with Crippen molar-refractivity contribution < 1.29 is 9.53 Å². The van der Waals surface area contributed by atoms with Crippen molar-refractivity contribution in [3.8, 4) is 5.75 Å². The maximum atomic E-state index is 12.8. The molecule has 5 heteroatoms.